The first-order valence-electron chi connectivity index (χ1n) is 7.78. The lowest BCUT2D eigenvalue weighted by Gasteiger charge is -2.12. The summed E-state index contributed by atoms with van der Waals surface area (Å²) in [5, 5.41) is 6.92. The van der Waals surface area contributed by atoms with E-state index in [2.05, 4.69) is 10.4 Å². The summed E-state index contributed by atoms with van der Waals surface area (Å²) in [6.45, 7) is 2.86. The van der Waals surface area contributed by atoms with Crippen LogP contribution < -0.4 is 15.6 Å². The molecule has 23 heavy (non-hydrogen) atoms. The van der Waals surface area contributed by atoms with Crippen LogP contribution in [0.5, 0.6) is 5.75 Å². The van der Waals surface area contributed by atoms with Gasteiger partial charge in [-0.2, -0.15) is 5.10 Å². The van der Waals surface area contributed by atoms with Crippen molar-refractivity contribution in [2.24, 2.45) is 0 Å². The summed E-state index contributed by atoms with van der Waals surface area (Å²) in [4.78, 5) is 23.8. The van der Waals surface area contributed by atoms with Crippen molar-refractivity contribution in [1.82, 2.24) is 15.1 Å². The molecule has 6 nitrogen and oxygen atoms in total. The molecule has 6 heteroatoms. The summed E-state index contributed by atoms with van der Waals surface area (Å²) in [6, 6.07) is 10.7. The van der Waals surface area contributed by atoms with E-state index in [1.165, 1.54) is 16.8 Å². The lowest BCUT2D eigenvalue weighted by Crippen LogP contribution is -2.36. The van der Waals surface area contributed by atoms with Gasteiger partial charge in [0.05, 0.1) is 6.54 Å². The number of amides is 1. The highest BCUT2D eigenvalue weighted by Gasteiger charge is 2.23. The maximum absolute atomic E-state index is 12.2. The van der Waals surface area contributed by atoms with Crippen LogP contribution in [0.25, 0.3) is 0 Å². The van der Waals surface area contributed by atoms with Crippen molar-refractivity contribution in [2.45, 2.75) is 32.4 Å². The number of ether oxygens (including phenoxy) is 1. The van der Waals surface area contributed by atoms with Crippen LogP contribution >= 0.6 is 0 Å². The first kappa shape index (κ1) is 15.3. The van der Waals surface area contributed by atoms with Gasteiger partial charge in [0.1, 0.15) is 17.5 Å². The van der Waals surface area contributed by atoms with Crippen molar-refractivity contribution in [3.63, 3.8) is 0 Å². The molecule has 1 aliphatic rings. The number of carbonyl (C=O) groups excluding carboxylic acids is 1. The van der Waals surface area contributed by atoms with E-state index < -0.39 is 0 Å². The van der Waals surface area contributed by atoms with E-state index in [0.717, 1.165) is 24.2 Å². The fourth-order valence-corrected chi connectivity index (χ4v) is 2.61. The molecule has 1 N–H and O–H groups in total. The molecule has 2 heterocycles. The molecular weight excluding hydrogens is 294 g/mol. The highest BCUT2D eigenvalue weighted by Crippen LogP contribution is 2.27. The summed E-state index contributed by atoms with van der Waals surface area (Å²) in [5.74, 6) is 0.579. The molecule has 1 unspecified atom stereocenters. The Morgan fingerprint density at radius 2 is 2.17 bits per heavy atom. The van der Waals surface area contributed by atoms with E-state index in [1.807, 2.05) is 31.2 Å². The highest BCUT2D eigenvalue weighted by atomic mass is 16.5. The van der Waals surface area contributed by atoms with Crippen LogP contribution in [0.3, 0.4) is 0 Å². The summed E-state index contributed by atoms with van der Waals surface area (Å²) in [6.07, 6.45) is 1.49. The summed E-state index contributed by atoms with van der Waals surface area (Å²) >= 11 is 0. The zero-order valence-electron chi connectivity index (χ0n) is 13.0. The van der Waals surface area contributed by atoms with Gasteiger partial charge in [0, 0.05) is 19.0 Å². The first-order chi connectivity index (χ1) is 11.2. The number of nitrogens with one attached hydrogen (secondary N) is 1. The van der Waals surface area contributed by atoms with Crippen molar-refractivity contribution >= 4 is 5.91 Å². The minimum Gasteiger partial charge on any atom is -0.488 e. The zero-order valence-corrected chi connectivity index (χ0v) is 13.0. The number of aryl methyl sites for hydroxylation is 1. The Hall–Kier alpha value is -2.63. The standard InChI is InChI=1S/C17H19N3O3/c1-2-9-20-16(21)8-7-14(19-20)17(22)18-11-13-10-12-5-3-4-6-15(12)23-13/h3-8,13H,2,9-11H2,1H3,(H,18,22). The summed E-state index contributed by atoms with van der Waals surface area (Å²) in [5.41, 5.74) is 1.20. The molecule has 0 fully saturated rings. The van der Waals surface area contributed by atoms with Crippen molar-refractivity contribution in [1.29, 1.82) is 0 Å². The average Bonchev–Trinajstić information content (AvgIpc) is 2.98. The van der Waals surface area contributed by atoms with Gasteiger partial charge in [0.15, 0.2) is 0 Å². The molecule has 0 saturated heterocycles. The summed E-state index contributed by atoms with van der Waals surface area (Å²) < 4.78 is 7.10. The lowest BCUT2D eigenvalue weighted by molar-refractivity contribution is 0.0926. The number of benzene rings is 1. The molecule has 0 spiro atoms. The minimum atomic E-state index is -0.297. The number of para-hydroxylation sites is 1. The van der Waals surface area contributed by atoms with E-state index in [4.69, 9.17) is 4.74 Å². The number of aromatic nitrogens is 2. The predicted molar refractivity (Wildman–Crippen MR) is 85.7 cm³/mol. The van der Waals surface area contributed by atoms with Crippen LogP contribution in [0.4, 0.5) is 0 Å². The Morgan fingerprint density at radius 1 is 1.35 bits per heavy atom. The van der Waals surface area contributed by atoms with Gasteiger partial charge < -0.3 is 10.1 Å². The van der Waals surface area contributed by atoms with Crippen LogP contribution in [-0.4, -0.2) is 28.3 Å². The van der Waals surface area contributed by atoms with E-state index >= 15 is 0 Å². The third-order valence-corrected chi connectivity index (χ3v) is 3.74. The Kier molecular flexibility index (Phi) is 4.41. The molecule has 120 valence electrons. The zero-order chi connectivity index (χ0) is 16.2. The average molecular weight is 313 g/mol. The number of fused-ring (bicyclic) bond motifs is 1. The maximum atomic E-state index is 12.2. The Morgan fingerprint density at radius 3 is 2.96 bits per heavy atom. The van der Waals surface area contributed by atoms with Gasteiger partial charge >= 0.3 is 0 Å². The van der Waals surface area contributed by atoms with Crippen LogP contribution in [0.15, 0.2) is 41.2 Å². The SMILES string of the molecule is CCCn1nc(C(=O)NCC2Cc3ccccc3O2)ccc1=O. The lowest BCUT2D eigenvalue weighted by atomic mass is 10.1. The van der Waals surface area contributed by atoms with Crippen LogP contribution in [0.2, 0.25) is 0 Å². The van der Waals surface area contributed by atoms with Gasteiger partial charge in [-0.05, 0) is 24.1 Å². The molecule has 2 aromatic rings. The second kappa shape index (κ2) is 6.64. The number of nitrogens with zero attached hydrogens (tertiary/aromatic N) is 2. The van der Waals surface area contributed by atoms with E-state index in [0.29, 0.717) is 13.1 Å². The first-order valence-corrected chi connectivity index (χ1v) is 7.78. The Balaban J connectivity index is 1.60. The van der Waals surface area contributed by atoms with E-state index in [9.17, 15) is 9.59 Å². The Bertz CT molecular complexity index is 745. The number of rotatable bonds is 5. The molecule has 3 rings (SSSR count). The smallest absolute Gasteiger partial charge is 0.271 e. The normalized spacial score (nSPS) is 15.8. The molecule has 0 radical (unpaired) electrons. The monoisotopic (exact) mass is 313 g/mol. The van der Waals surface area contributed by atoms with Crippen LogP contribution in [-0.2, 0) is 13.0 Å². The molecule has 1 aromatic heterocycles. The van der Waals surface area contributed by atoms with Crippen molar-refractivity contribution < 1.29 is 9.53 Å². The second-order valence-electron chi connectivity index (χ2n) is 5.54. The van der Waals surface area contributed by atoms with Crippen molar-refractivity contribution in [3.8, 4) is 5.75 Å². The number of hydrogen-bond acceptors (Lipinski definition) is 4. The molecule has 1 atom stereocenters. The maximum Gasteiger partial charge on any atom is 0.271 e. The fourth-order valence-electron chi connectivity index (χ4n) is 2.61. The molecule has 0 bridgehead atoms. The number of carbonyl (C=O) groups is 1. The van der Waals surface area contributed by atoms with Crippen LogP contribution in [0.1, 0.15) is 29.4 Å². The van der Waals surface area contributed by atoms with Gasteiger partial charge in [-0.3, -0.25) is 9.59 Å². The van der Waals surface area contributed by atoms with Crippen molar-refractivity contribution in [2.75, 3.05) is 6.54 Å². The quantitative estimate of drug-likeness (QED) is 0.905. The van der Waals surface area contributed by atoms with Gasteiger partial charge in [0.2, 0.25) is 0 Å². The van der Waals surface area contributed by atoms with E-state index in [1.54, 1.807) is 0 Å². The predicted octanol–water partition coefficient (Wildman–Crippen LogP) is 1.39. The van der Waals surface area contributed by atoms with Crippen LogP contribution in [0, 0.1) is 0 Å². The van der Waals surface area contributed by atoms with Gasteiger partial charge in [-0.15, -0.1) is 0 Å². The molecular formula is C17H19N3O3. The molecule has 1 aliphatic heterocycles. The van der Waals surface area contributed by atoms with Gasteiger partial charge in [-0.1, -0.05) is 25.1 Å². The minimum absolute atomic E-state index is 0.0714. The molecule has 1 amide bonds. The fraction of sp³-hybridized carbons (Fsp3) is 0.353. The van der Waals surface area contributed by atoms with Gasteiger partial charge in [-0.25, -0.2) is 4.68 Å². The largest absolute Gasteiger partial charge is 0.488 e. The highest BCUT2D eigenvalue weighted by molar-refractivity contribution is 5.92. The summed E-state index contributed by atoms with van der Waals surface area (Å²) in [7, 11) is 0. The number of hydrogen-bond donors (Lipinski definition) is 1. The second-order valence-corrected chi connectivity index (χ2v) is 5.54. The van der Waals surface area contributed by atoms with E-state index in [-0.39, 0.29) is 23.3 Å². The third-order valence-electron chi connectivity index (χ3n) is 3.74. The third kappa shape index (κ3) is 3.41. The molecule has 0 aliphatic carbocycles. The topological polar surface area (TPSA) is 73.2 Å². The Labute approximate surface area is 134 Å². The van der Waals surface area contributed by atoms with Gasteiger partial charge in [0.25, 0.3) is 11.5 Å². The molecule has 0 saturated carbocycles. The molecule has 1 aromatic carbocycles. The van der Waals surface area contributed by atoms with Crippen molar-refractivity contribution in [3.05, 3.63) is 58.0 Å².